The third kappa shape index (κ3) is 4.29. The molecule has 0 atom stereocenters. The smallest absolute Gasteiger partial charge is 0.326 e. The first-order valence-corrected chi connectivity index (χ1v) is 11.3. The molecular weight excluding hydrogens is 384 g/mol. The van der Waals surface area contributed by atoms with Gasteiger partial charge in [-0.3, -0.25) is 4.90 Å². The van der Waals surface area contributed by atoms with Gasteiger partial charge in [0, 0.05) is 5.69 Å². The molecule has 3 aromatic carbocycles. The van der Waals surface area contributed by atoms with Gasteiger partial charge in [-0.25, -0.2) is 4.79 Å². The summed E-state index contributed by atoms with van der Waals surface area (Å²) in [5.74, 6) is 1.47. The number of amides is 2. The van der Waals surface area contributed by atoms with E-state index in [0.29, 0.717) is 19.1 Å². The van der Waals surface area contributed by atoms with Crippen LogP contribution in [0.4, 0.5) is 16.2 Å². The first-order chi connectivity index (χ1) is 15.3. The molecule has 1 fully saturated rings. The fourth-order valence-corrected chi connectivity index (χ4v) is 4.71. The minimum absolute atomic E-state index is 0.139. The van der Waals surface area contributed by atoms with Gasteiger partial charge in [0.15, 0.2) is 0 Å². The molecule has 3 aromatic rings. The number of fused-ring (bicyclic) bond motifs is 1. The molecule has 0 unspecified atom stereocenters. The molecule has 1 heterocycles. The number of hydrogen-bond acceptors (Lipinski definition) is 2. The van der Waals surface area contributed by atoms with Gasteiger partial charge in [-0.2, -0.15) is 0 Å². The van der Waals surface area contributed by atoms with Crippen LogP contribution in [0.1, 0.15) is 43.6 Å². The zero-order valence-corrected chi connectivity index (χ0v) is 17.7. The minimum atomic E-state index is -0.139. The minimum Gasteiger partial charge on any atom is -0.490 e. The molecule has 0 aromatic heterocycles. The number of ether oxygens (including phenoxy) is 1. The maximum Gasteiger partial charge on any atom is 0.326 e. The molecule has 0 spiro atoms. The van der Waals surface area contributed by atoms with Crippen LogP contribution in [0.25, 0.3) is 11.1 Å². The number of carbonyl (C=O) groups is 1. The van der Waals surface area contributed by atoms with E-state index in [2.05, 4.69) is 35.6 Å². The van der Waals surface area contributed by atoms with Gasteiger partial charge in [0.25, 0.3) is 0 Å². The average Bonchev–Trinajstić information content (AvgIpc) is 2.84. The van der Waals surface area contributed by atoms with E-state index in [4.69, 9.17) is 4.74 Å². The van der Waals surface area contributed by atoms with Crippen molar-refractivity contribution in [1.29, 1.82) is 0 Å². The van der Waals surface area contributed by atoms with E-state index in [1.165, 1.54) is 43.2 Å². The summed E-state index contributed by atoms with van der Waals surface area (Å²) in [5.41, 5.74) is 5.34. The van der Waals surface area contributed by atoms with Crippen molar-refractivity contribution in [1.82, 2.24) is 0 Å². The number of carbonyl (C=O) groups excluding carboxylic acids is 1. The van der Waals surface area contributed by atoms with Gasteiger partial charge < -0.3 is 10.1 Å². The Morgan fingerprint density at radius 2 is 1.61 bits per heavy atom. The molecule has 0 saturated heterocycles. The highest BCUT2D eigenvalue weighted by atomic mass is 16.5. The third-order valence-electron chi connectivity index (χ3n) is 6.41. The molecule has 1 N–H and O–H groups in total. The van der Waals surface area contributed by atoms with Gasteiger partial charge in [-0.1, -0.05) is 67.8 Å². The lowest BCUT2D eigenvalue weighted by molar-refractivity contribution is 0.250. The highest BCUT2D eigenvalue weighted by Crippen LogP contribution is 2.37. The van der Waals surface area contributed by atoms with Gasteiger partial charge in [0.1, 0.15) is 12.4 Å². The number of hydrogen-bond donors (Lipinski definition) is 1. The summed E-state index contributed by atoms with van der Waals surface area (Å²) in [6.45, 7) is 1.01. The van der Waals surface area contributed by atoms with E-state index in [-0.39, 0.29) is 6.03 Å². The predicted octanol–water partition coefficient (Wildman–Crippen LogP) is 6.83. The van der Waals surface area contributed by atoms with Crippen molar-refractivity contribution in [2.45, 2.75) is 38.0 Å². The van der Waals surface area contributed by atoms with Crippen molar-refractivity contribution >= 4 is 17.4 Å². The number of rotatable bonds is 3. The van der Waals surface area contributed by atoms with Crippen LogP contribution in [0.5, 0.6) is 5.75 Å². The molecule has 1 aliphatic carbocycles. The van der Waals surface area contributed by atoms with E-state index in [9.17, 15) is 4.79 Å². The number of para-hydroxylation sites is 1. The average molecular weight is 413 g/mol. The van der Waals surface area contributed by atoms with E-state index in [1.54, 1.807) is 4.90 Å². The lowest BCUT2D eigenvalue weighted by Gasteiger charge is -2.30. The Hall–Kier alpha value is -3.27. The first kappa shape index (κ1) is 19.7. The topological polar surface area (TPSA) is 41.6 Å². The predicted molar refractivity (Wildman–Crippen MR) is 126 cm³/mol. The number of nitrogens with zero attached hydrogens (tertiary/aromatic N) is 1. The van der Waals surface area contributed by atoms with Crippen LogP contribution < -0.4 is 15.0 Å². The van der Waals surface area contributed by atoms with E-state index >= 15 is 0 Å². The zero-order valence-electron chi connectivity index (χ0n) is 17.7. The summed E-state index contributed by atoms with van der Waals surface area (Å²) in [4.78, 5) is 14.6. The lowest BCUT2D eigenvalue weighted by Crippen LogP contribution is -2.40. The second-order valence-corrected chi connectivity index (χ2v) is 8.44. The quantitative estimate of drug-likeness (QED) is 0.512. The van der Waals surface area contributed by atoms with Crippen LogP contribution in [0.15, 0.2) is 72.8 Å². The molecular formula is C27H28N2O2. The first-order valence-electron chi connectivity index (χ1n) is 11.3. The summed E-state index contributed by atoms with van der Waals surface area (Å²) in [6.07, 6.45) is 6.70. The molecule has 31 heavy (non-hydrogen) atoms. The monoisotopic (exact) mass is 412 g/mol. The molecule has 4 heteroatoms. The van der Waals surface area contributed by atoms with Crippen molar-refractivity contribution < 1.29 is 9.53 Å². The maximum absolute atomic E-state index is 12.8. The Morgan fingerprint density at radius 3 is 2.39 bits per heavy atom. The zero-order chi connectivity index (χ0) is 21.0. The van der Waals surface area contributed by atoms with Crippen LogP contribution in [0.2, 0.25) is 0 Å². The molecule has 2 amide bonds. The molecule has 0 radical (unpaired) electrons. The van der Waals surface area contributed by atoms with Crippen LogP contribution in [-0.2, 0) is 0 Å². The van der Waals surface area contributed by atoms with Crippen LogP contribution >= 0.6 is 0 Å². The van der Waals surface area contributed by atoms with Crippen LogP contribution in [0.3, 0.4) is 0 Å². The van der Waals surface area contributed by atoms with Crippen molar-refractivity contribution in [3.05, 3.63) is 78.4 Å². The normalized spacial score (nSPS) is 16.3. The Balaban J connectivity index is 1.34. The molecule has 5 rings (SSSR count). The second kappa shape index (κ2) is 8.84. The number of nitrogens with one attached hydrogen (secondary N) is 1. The fourth-order valence-electron chi connectivity index (χ4n) is 4.71. The Morgan fingerprint density at radius 1 is 0.871 bits per heavy atom. The Kier molecular flexibility index (Phi) is 5.61. The molecule has 1 aliphatic heterocycles. The van der Waals surface area contributed by atoms with Crippen molar-refractivity contribution in [3.63, 3.8) is 0 Å². The molecule has 4 nitrogen and oxygen atoms in total. The van der Waals surface area contributed by atoms with Crippen LogP contribution in [-0.4, -0.2) is 19.2 Å². The summed E-state index contributed by atoms with van der Waals surface area (Å²) in [7, 11) is 0. The molecule has 2 aliphatic rings. The molecule has 158 valence electrons. The summed E-state index contributed by atoms with van der Waals surface area (Å²) < 4.78 is 5.91. The molecule has 1 saturated carbocycles. The Bertz CT molecular complexity index is 1040. The summed E-state index contributed by atoms with van der Waals surface area (Å²) in [5, 5.41) is 2.97. The highest BCUT2D eigenvalue weighted by molar-refractivity contribution is 6.03. The van der Waals surface area contributed by atoms with E-state index in [1.807, 2.05) is 42.5 Å². The van der Waals surface area contributed by atoms with E-state index in [0.717, 1.165) is 22.7 Å². The number of urea groups is 1. The second-order valence-electron chi connectivity index (χ2n) is 8.44. The lowest BCUT2D eigenvalue weighted by atomic mass is 9.84. The van der Waals surface area contributed by atoms with Gasteiger partial charge in [-0.15, -0.1) is 0 Å². The highest BCUT2D eigenvalue weighted by Gasteiger charge is 2.24. The standard InChI is InChI=1S/C27H28N2O2/c30-27(28-24-9-5-2-6-10-24)29-17-18-31-26-19-23(15-16-25(26)29)22-13-11-21(12-14-22)20-7-3-1-4-8-20/h2,5-6,9-16,19-20H,1,3-4,7-8,17-18H2,(H,28,30). The maximum atomic E-state index is 12.8. The SMILES string of the molecule is O=C(Nc1ccccc1)N1CCOc2cc(-c3ccc(C4CCCCC4)cc3)ccc21. The third-order valence-corrected chi connectivity index (χ3v) is 6.41. The summed E-state index contributed by atoms with van der Waals surface area (Å²) >= 11 is 0. The van der Waals surface area contributed by atoms with Crippen molar-refractivity contribution in [3.8, 4) is 16.9 Å². The van der Waals surface area contributed by atoms with Crippen molar-refractivity contribution in [2.24, 2.45) is 0 Å². The van der Waals surface area contributed by atoms with Gasteiger partial charge >= 0.3 is 6.03 Å². The fraction of sp³-hybridized carbons (Fsp3) is 0.296. The number of anilines is 2. The summed E-state index contributed by atoms with van der Waals surface area (Å²) in [6, 6.07) is 24.5. The van der Waals surface area contributed by atoms with E-state index < -0.39 is 0 Å². The van der Waals surface area contributed by atoms with Gasteiger partial charge in [0.2, 0.25) is 0 Å². The molecule has 0 bridgehead atoms. The largest absolute Gasteiger partial charge is 0.490 e. The van der Waals surface area contributed by atoms with Gasteiger partial charge in [-0.05, 0) is 59.7 Å². The Labute approximate surface area is 183 Å². The van der Waals surface area contributed by atoms with Crippen molar-refractivity contribution in [2.75, 3.05) is 23.4 Å². The number of benzene rings is 3. The van der Waals surface area contributed by atoms with Gasteiger partial charge in [0.05, 0.1) is 12.2 Å². The van der Waals surface area contributed by atoms with Crippen LogP contribution in [0, 0.1) is 0 Å².